The standard InChI is InChI=1S/C15H13N3O/c1-11-2-4-13(5-3-11)18-15(19)10-14(17-18)12-6-8-16-9-7-12/h2-9H,10H2,1H3. The highest BCUT2D eigenvalue weighted by molar-refractivity contribution is 6.19. The second kappa shape index (κ2) is 4.65. The van der Waals surface area contributed by atoms with Crippen molar-refractivity contribution in [1.29, 1.82) is 0 Å². The fourth-order valence-electron chi connectivity index (χ4n) is 2.02. The molecule has 1 aliphatic heterocycles. The van der Waals surface area contributed by atoms with Crippen LogP contribution in [0.1, 0.15) is 17.5 Å². The van der Waals surface area contributed by atoms with E-state index in [1.165, 1.54) is 5.01 Å². The number of hydrogen-bond donors (Lipinski definition) is 0. The summed E-state index contributed by atoms with van der Waals surface area (Å²) in [6.07, 6.45) is 3.74. The summed E-state index contributed by atoms with van der Waals surface area (Å²) in [7, 11) is 0. The van der Waals surface area contributed by atoms with E-state index < -0.39 is 0 Å². The Bertz CT molecular complexity index is 632. The molecule has 4 heteroatoms. The van der Waals surface area contributed by atoms with Crippen LogP contribution in [0.25, 0.3) is 0 Å². The third kappa shape index (κ3) is 2.25. The van der Waals surface area contributed by atoms with Gasteiger partial charge in [-0.15, -0.1) is 0 Å². The number of carbonyl (C=O) groups excluding carboxylic acids is 1. The van der Waals surface area contributed by atoms with E-state index in [-0.39, 0.29) is 5.91 Å². The molecule has 0 radical (unpaired) electrons. The molecule has 0 atom stereocenters. The Balaban J connectivity index is 1.93. The van der Waals surface area contributed by atoms with Crippen LogP contribution < -0.4 is 5.01 Å². The highest BCUT2D eigenvalue weighted by atomic mass is 16.2. The fraction of sp³-hybridized carbons (Fsp3) is 0.133. The van der Waals surface area contributed by atoms with Crippen LogP contribution in [0.5, 0.6) is 0 Å². The molecule has 1 aromatic carbocycles. The van der Waals surface area contributed by atoms with Crippen molar-refractivity contribution < 1.29 is 4.79 Å². The zero-order valence-corrected chi connectivity index (χ0v) is 10.6. The van der Waals surface area contributed by atoms with Gasteiger partial charge in [0.15, 0.2) is 0 Å². The lowest BCUT2D eigenvalue weighted by Gasteiger charge is -2.11. The minimum absolute atomic E-state index is 0.00401. The smallest absolute Gasteiger partial charge is 0.253 e. The summed E-state index contributed by atoms with van der Waals surface area (Å²) in [6, 6.07) is 11.5. The van der Waals surface area contributed by atoms with Gasteiger partial charge in [0.1, 0.15) is 0 Å². The Labute approximate surface area is 111 Å². The van der Waals surface area contributed by atoms with E-state index in [0.717, 1.165) is 22.5 Å². The van der Waals surface area contributed by atoms with Crippen molar-refractivity contribution in [3.05, 3.63) is 59.9 Å². The molecule has 19 heavy (non-hydrogen) atoms. The minimum atomic E-state index is -0.00401. The summed E-state index contributed by atoms with van der Waals surface area (Å²) in [4.78, 5) is 16.0. The molecule has 2 aromatic rings. The SMILES string of the molecule is Cc1ccc(N2N=C(c3ccncc3)CC2=O)cc1. The van der Waals surface area contributed by atoms with Crippen LogP contribution in [0.15, 0.2) is 53.9 Å². The lowest BCUT2D eigenvalue weighted by Crippen LogP contribution is -2.19. The summed E-state index contributed by atoms with van der Waals surface area (Å²) < 4.78 is 0. The second-order valence-electron chi connectivity index (χ2n) is 4.50. The molecule has 0 unspecified atom stereocenters. The minimum Gasteiger partial charge on any atom is -0.272 e. The van der Waals surface area contributed by atoms with E-state index in [1.807, 2.05) is 43.3 Å². The monoisotopic (exact) mass is 251 g/mol. The van der Waals surface area contributed by atoms with Gasteiger partial charge in [-0.05, 0) is 31.2 Å². The number of hydrazone groups is 1. The first-order valence-corrected chi connectivity index (χ1v) is 6.11. The molecule has 1 aliphatic rings. The van der Waals surface area contributed by atoms with Crippen LogP contribution in [0.3, 0.4) is 0 Å². The van der Waals surface area contributed by atoms with Gasteiger partial charge in [0.2, 0.25) is 0 Å². The number of nitrogens with zero attached hydrogens (tertiary/aromatic N) is 3. The Kier molecular flexibility index (Phi) is 2.83. The summed E-state index contributed by atoms with van der Waals surface area (Å²) >= 11 is 0. The number of carbonyl (C=O) groups is 1. The van der Waals surface area contributed by atoms with E-state index in [1.54, 1.807) is 12.4 Å². The fourth-order valence-corrected chi connectivity index (χ4v) is 2.02. The van der Waals surface area contributed by atoms with Gasteiger partial charge in [-0.1, -0.05) is 17.7 Å². The molecule has 0 bridgehead atoms. The van der Waals surface area contributed by atoms with Gasteiger partial charge in [-0.25, -0.2) is 5.01 Å². The van der Waals surface area contributed by atoms with Crippen molar-refractivity contribution in [3.8, 4) is 0 Å². The number of aryl methyl sites for hydroxylation is 1. The Morgan fingerprint density at radius 2 is 1.74 bits per heavy atom. The van der Waals surface area contributed by atoms with Crippen molar-refractivity contribution in [2.75, 3.05) is 5.01 Å². The molecule has 0 saturated carbocycles. The zero-order valence-electron chi connectivity index (χ0n) is 10.6. The number of pyridine rings is 1. The zero-order chi connectivity index (χ0) is 13.2. The normalized spacial score (nSPS) is 14.7. The van der Waals surface area contributed by atoms with Crippen molar-refractivity contribution in [3.63, 3.8) is 0 Å². The van der Waals surface area contributed by atoms with Crippen LogP contribution in [0.4, 0.5) is 5.69 Å². The Morgan fingerprint density at radius 1 is 1.05 bits per heavy atom. The topological polar surface area (TPSA) is 45.6 Å². The van der Waals surface area contributed by atoms with Gasteiger partial charge >= 0.3 is 0 Å². The molecule has 0 fully saturated rings. The lowest BCUT2D eigenvalue weighted by atomic mass is 10.1. The van der Waals surface area contributed by atoms with Gasteiger partial charge in [0.05, 0.1) is 17.8 Å². The van der Waals surface area contributed by atoms with Crippen LogP contribution in [-0.2, 0) is 4.79 Å². The number of anilines is 1. The van der Waals surface area contributed by atoms with E-state index >= 15 is 0 Å². The molecular weight excluding hydrogens is 238 g/mol. The molecule has 0 spiro atoms. The van der Waals surface area contributed by atoms with Gasteiger partial charge in [-0.3, -0.25) is 9.78 Å². The van der Waals surface area contributed by atoms with E-state index in [0.29, 0.717) is 6.42 Å². The molecule has 2 heterocycles. The third-order valence-electron chi connectivity index (χ3n) is 3.07. The summed E-state index contributed by atoms with van der Waals surface area (Å²) in [5.74, 6) is -0.00401. The Morgan fingerprint density at radius 3 is 2.42 bits per heavy atom. The number of rotatable bonds is 2. The van der Waals surface area contributed by atoms with Gasteiger partial charge in [-0.2, -0.15) is 5.10 Å². The summed E-state index contributed by atoms with van der Waals surface area (Å²) in [6.45, 7) is 2.02. The van der Waals surface area contributed by atoms with Crippen molar-refractivity contribution in [2.45, 2.75) is 13.3 Å². The molecule has 0 N–H and O–H groups in total. The number of hydrogen-bond acceptors (Lipinski definition) is 3. The largest absolute Gasteiger partial charge is 0.272 e. The van der Waals surface area contributed by atoms with E-state index in [2.05, 4.69) is 10.1 Å². The number of amides is 1. The molecule has 0 saturated heterocycles. The predicted molar refractivity (Wildman–Crippen MR) is 74.1 cm³/mol. The molecule has 0 aliphatic carbocycles. The molecule has 3 rings (SSSR count). The van der Waals surface area contributed by atoms with Crippen molar-refractivity contribution in [1.82, 2.24) is 4.98 Å². The van der Waals surface area contributed by atoms with Gasteiger partial charge in [0, 0.05) is 18.0 Å². The Hall–Kier alpha value is -2.49. The quantitative estimate of drug-likeness (QED) is 0.823. The van der Waals surface area contributed by atoms with Crippen molar-refractivity contribution >= 4 is 17.3 Å². The maximum Gasteiger partial charge on any atom is 0.253 e. The first-order chi connectivity index (χ1) is 9.24. The lowest BCUT2D eigenvalue weighted by molar-refractivity contribution is -0.116. The number of aromatic nitrogens is 1. The molecule has 1 aromatic heterocycles. The van der Waals surface area contributed by atoms with Crippen LogP contribution in [-0.4, -0.2) is 16.6 Å². The predicted octanol–water partition coefficient (Wildman–Crippen LogP) is 2.53. The third-order valence-corrected chi connectivity index (χ3v) is 3.07. The maximum absolute atomic E-state index is 12.0. The molecule has 1 amide bonds. The molecule has 4 nitrogen and oxygen atoms in total. The van der Waals surface area contributed by atoms with E-state index in [4.69, 9.17) is 0 Å². The average molecular weight is 251 g/mol. The second-order valence-corrected chi connectivity index (χ2v) is 4.50. The first kappa shape index (κ1) is 11.6. The van der Waals surface area contributed by atoms with E-state index in [9.17, 15) is 4.79 Å². The van der Waals surface area contributed by atoms with Crippen LogP contribution >= 0.6 is 0 Å². The molecular formula is C15H13N3O. The van der Waals surface area contributed by atoms with Gasteiger partial charge in [0.25, 0.3) is 5.91 Å². The summed E-state index contributed by atoms with van der Waals surface area (Å²) in [5.41, 5.74) is 3.69. The first-order valence-electron chi connectivity index (χ1n) is 6.11. The van der Waals surface area contributed by atoms with Crippen LogP contribution in [0, 0.1) is 6.92 Å². The number of benzene rings is 1. The summed E-state index contributed by atoms with van der Waals surface area (Å²) in [5, 5.41) is 5.88. The highest BCUT2D eigenvalue weighted by Gasteiger charge is 2.25. The van der Waals surface area contributed by atoms with Gasteiger partial charge < -0.3 is 0 Å². The van der Waals surface area contributed by atoms with Crippen LogP contribution in [0.2, 0.25) is 0 Å². The average Bonchev–Trinajstić information content (AvgIpc) is 2.83. The highest BCUT2D eigenvalue weighted by Crippen LogP contribution is 2.22. The molecule has 94 valence electrons. The maximum atomic E-state index is 12.0. The van der Waals surface area contributed by atoms with Crippen molar-refractivity contribution in [2.24, 2.45) is 5.10 Å².